The average Bonchev–Trinajstić information content (AvgIpc) is 3.11. The molecular formula is C18H22F3N5O2. The highest BCUT2D eigenvalue weighted by Gasteiger charge is 2.43. The lowest BCUT2D eigenvalue weighted by Gasteiger charge is -2.35. The number of benzene rings is 1. The number of tetrazole rings is 1. The number of ether oxygens (including phenoxy) is 1. The molecule has 1 fully saturated rings. The molecule has 152 valence electrons. The van der Waals surface area contributed by atoms with Gasteiger partial charge in [-0.1, -0.05) is 12.1 Å². The van der Waals surface area contributed by atoms with Gasteiger partial charge in [0.2, 0.25) is 5.91 Å². The smallest absolute Gasteiger partial charge is 0.393 e. The summed E-state index contributed by atoms with van der Waals surface area (Å²) in [5.74, 6) is -0.859. The van der Waals surface area contributed by atoms with Crippen LogP contribution in [0.5, 0.6) is 5.75 Å². The van der Waals surface area contributed by atoms with Gasteiger partial charge < -0.3 is 9.64 Å². The normalized spacial score (nSPS) is 18.8. The van der Waals surface area contributed by atoms with Crippen molar-refractivity contribution in [3.63, 3.8) is 0 Å². The highest BCUT2D eigenvalue weighted by atomic mass is 19.4. The van der Waals surface area contributed by atoms with E-state index in [1.165, 1.54) is 16.7 Å². The van der Waals surface area contributed by atoms with E-state index in [1.807, 2.05) is 6.07 Å². The number of rotatable bonds is 5. The van der Waals surface area contributed by atoms with Crippen molar-refractivity contribution in [2.24, 2.45) is 5.92 Å². The molecule has 0 unspecified atom stereocenters. The number of likely N-dealkylation sites (tertiary alicyclic amines) is 1. The van der Waals surface area contributed by atoms with Crippen molar-refractivity contribution in [3.8, 4) is 5.75 Å². The van der Waals surface area contributed by atoms with Crippen molar-refractivity contribution >= 4 is 5.91 Å². The number of piperidine rings is 1. The molecule has 0 N–H and O–H groups in total. The highest BCUT2D eigenvalue weighted by molar-refractivity contribution is 5.81. The van der Waals surface area contributed by atoms with Gasteiger partial charge in [-0.2, -0.15) is 13.2 Å². The summed E-state index contributed by atoms with van der Waals surface area (Å²) in [6, 6.07) is 6.37. The number of hydrogen-bond acceptors (Lipinski definition) is 5. The van der Waals surface area contributed by atoms with Crippen LogP contribution < -0.4 is 4.74 Å². The molecule has 1 aromatic heterocycles. The van der Waals surface area contributed by atoms with Crippen LogP contribution in [-0.2, 0) is 11.2 Å². The van der Waals surface area contributed by atoms with Crippen molar-refractivity contribution in [2.75, 3.05) is 20.2 Å². The van der Waals surface area contributed by atoms with E-state index in [-0.39, 0.29) is 19.4 Å². The molecule has 1 amide bonds. The Kier molecular flexibility index (Phi) is 5.85. The summed E-state index contributed by atoms with van der Waals surface area (Å²) in [6.07, 6.45) is -3.71. The number of alkyl halides is 3. The van der Waals surface area contributed by atoms with Crippen molar-refractivity contribution < 1.29 is 22.7 Å². The molecular weight excluding hydrogens is 375 g/mol. The Hall–Kier alpha value is -2.65. The lowest BCUT2D eigenvalue weighted by atomic mass is 9.96. The maximum atomic E-state index is 13.2. The second-order valence-electron chi connectivity index (χ2n) is 6.91. The van der Waals surface area contributed by atoms with Crippen LogP contribution in [0, 0.1) is 12.8 Å². The van der Waals surface area contributed by atoms with Crippen LogP contribution in [-0.4, -0.2) is 57.4 Å². The van der Waals surface area contributed by atoms with Crippen LogP contribution in [0.2, 0.25) is 0 Å². The van der Waals surface area contributed by atoms with Gasteiger partial charge in [-0.3, -0.25) is 4.79 Å². The molecule has 0 radical (unpaired) electrons. The predicted molar refractivity (Wildman–Crippen MR) is 93.6 cm³/mol. The summed E-state index contributed by atoms with van der Waals surface area (Å²) in [5.41, 5.74) is 0.803. The molecule has 1 aliphatic rings. The minimum absolute atomic E-state index is 0.0394. The number of aromatic nitrogens is 4. The van der Waals surface area contributed by atoms with Gasteiger partial charge in [0, 0.05) is 19.5 Å². The van der Waals surface area contributed by atoms with Gasteiger partial charge in [0.15, 0.2) is 0 Å². The van der Waals surface area contributed by atoms with Gasteiger partial charge in [0.05, 0.1) is 13.0 Å². The van der Waals surface area contributed by atoms with E-state index in [0.717, 1.165) is 5.56 Å². The molecule has 0 saturated carbocycles. The zero-order chi connectivity index (χ0) is 20.3. The molecule has 2 atom stereocenters. The molecule has 0 spiro atoms. The summed E-state index contributed by atoms with van der Waals surface area (Å²) >= 11 is 0. The summed E-state index contributed by atoms with van der Waals surface area (Å²) in [7, 11) is 1.54. The third-order valence-corrected chi connectivity index (χ3v) is 5.00. The summed E-state index contributed by atoms with van der Waals surface area (Å²) in [5, 5.41) is 11.3. The number of aryl methyl sites for hydroxylation is 1. The van der Waals surface area contributed by atoms with Crippen LogP contribution in [0.3, 0.4) is 0 Å². The molecule has 28 heavy (non-hydrogen) atoms. The SMILES string of the molecule is COc1cccc(C[C@H](C(=O)N2CCC[C@H](C(F)(F)F)C2)n2nnnc2C)c1. The standard InChI is InChI=1S/C18H22F3N5O2/c1-12-22-23-24-26(12)16(10-13-5-3-7-15(9-13)28-2)17(27)25-8-4-6-14(11-25)18(19,20)21/h3,5,7,9,14,16H,4,6,8,10-11H2,1-2H3/t14-,16+/m0/s1. The average molecular weight is 397 g/mol. The Labute approximate surface area is 160 Å². The van der Waals surface area contributed by atoms with E-state index in [1.54, 1.807) is 25.1 Å². The molecule has 3 rings (SSSR count). The Morgan fingerprint density at radius 3 is 2.82 bits per heavy atom. The van der Waals surface area contributed by atoms with Crippen LogP contribution in [0.15, 0.2) is 24.3 Å². The Morgan fingerprint density at radius 2 is 2.18 bits per heavy atom. The number of carbonyl (C=O) groups is 1. The summed E-state index contributed by atoms with van der Waals surface area (Å²) < 4.78 is 46.1. The van der Waals surface area contributed by atoms with Crippen molar-refractivity contribution in [2.45, 2.75) is 38.4 Å². The van der Waals surface area contributed by atoms with Gasteiger partial charge in [-0.05, 0) is 47.9 Å². The summed E-state index contributed by atoms with van der Waals surface area (Å²) in [6.45, 7) is 1.61. The van der Waals surface area contributed by atoms with Crippen LogP contribution in [0.25, 0.3) is 0 Å². The van der Waals surface area contributed by atoms with Crippen LogP contribution in [0.1, 0.15) is 30.3 Å². The molecule has 2 aromatic rings. The zero-order valence-corrected chi connectivity index (χ0v) is 15.7. The van der Waals surface area contributed by atoms with Gasteiger partial charge >= 0.3 is 6.18 Å². The second-order valence-corrected chi connectivity index (χ2v) is 6.91. The first kappa shape index (κ1) is 20.1. The molecule has 1 saturated heterocycles. The zero-order valence-electron chi connectivity index (χ0n) is 15.7. The molecule has 7 nitrogen and oxygen atoms in total. The number of nitrogens with zero attached hydrogens (tertiary/aromatic N) is 5. The lowest BCUT2D eigenvalue weighted by molar-refractivity contribution is -0.188. The molecule has 1 aliphatic heterocycles. The van der Waals surface area contributed by atoms with Crippen molar-refractivity contribution in [1.29, 1.82) is 0 Å². The van der Waals surface area contributed by atoms with E-state index >= 15 is 0 Å². The number of halogens is 3. The first-order valence-electron chi connectivity index (χ1n) is 9.02. The number of hydrogen-bond donors (Lipinski definition) is 0. The van der Waals surface area contributed by atoms with Crippen molar-refractivity contribution in [3.05, 3.63) is 35.7 Å². The minimum Gasteiger partial charge on any atom is -0.497 e. The van der Waals surface area contributed by atoms with E-state index in [9.17, 15) is 18.0 Å². The van der Waals surface area contributed by atoms with Gasteiger partial charge in [-0.25, -0.2) is 4.68 Å². The Bertz CT molecular complexity index is 824. The predicted octanol–water partition coefficient (Wildman–Crippen LogP) is 2.57. The maximum Gasteiger partial charge on any atom is 0.393 e. The van der Waals surface area contributed by atoms with E-state index in [0.29, 0.717) is 24.5 Å². The third kappa shape index (κ3) is 4.42. The molecule has 2 heterocycles. The third-order valence-electron chi connectivity index (χ3n) is 5.00. The molecule has 0 aliphatic carbocycles. The fourth-order valence-corrected chi connectivity index (χ4v) is 3.48. The van der Waals surface area contributed by atoms with Crippen LogP contribution >= 0.6 is 0 Å². The maximum absolute atomic E-state index is 13.2. The Morgan fingerprint density at radius 1 is 1.39 bits per heavy atom. The largest absolute Gasteiger partial charge is 0.497 e. The minimum atomic E-state index is -4.31. The monoisotopic (exact) mass is 397 g/mol. The topological polar surface area (TPSA) is 73.1 Å². The first-order chi connectivity index (χ1) is 13.3. The van der Waals surface area contributed by atoms with Gasteiger partial charge in [0.1, 0.15) is 17.6 Å². The molecule has 1 aromatic carbocycles. The summed E-state index contributed by atoms with van der Waals surface area (Å²) in [4.78, 5) is 14.5. The fourth-order valence-electron chi connectivity index (χ4n) is 3.48. The van der Waals surface area contributed by atoms with E-state index in [4.69, 9.17) is 4.74 Å². The van der Waals surface area contributed by atoms with Crippen LogP contribution in [0.4, 0.5) is 13.2 Å². The Balaban J connectivity index is 1.86. The first-order valence-corrected chi connectivity index (χ1v) is 9.02. The molecule has 10 heteroatoms. The highest BCUT2D eigenvalue weighted by Crippen LogP contribution is 2.34. The molecule has 0 bridgehead atoms. The number of methoxy groups -OCH3 is 1. The number of amides is 1. The van der Waals surface area contributed by atoms with Gasteiger partial charge in [-0.15, -0.1) is 5.10 Å². The lowest BCUT2D eigenvalue weighted by Crippen LogP contribution is -2.47. The second kappa shape index (κ2) is 8.15. The van der Waals surface area contributed by atoms with E-state index in [2.05, 4.69) is 15.5 Å². The fraction of sp³-hybridized carbons (Fsp3) is 0.556. The van der Waals surface area contributed by atoms with E-state index < -0.39 is 24.0 Å². The van der Waals surface area contributed by atoms with Gasteiger partial charge in [0.25, 0.3) is 0 Å². The quantitative estimate of drug-likeness (QED) is 0.775. The number of carbonyl (C=O) groups excluding carboxylic acids is 1. The van der Waals surface area contributed by atoms with Crippen molar-refractivity contribution in [1.82, 2.24) is 25.1 Å².